The molecule has 2 rings (SSSR count). The van der Waals surface area contributed by atoms with Gasteiger partial charge in [-0.25, -0.2) is 0 Å². The van der Waals surface area contributed by atoms with Crippen LogP contribution in [0.2, 0.25) is 32.7 Å². The maximum absolute atomic E-state index is 13.1. The molecule has 0 fully saturated rings. The van der Waals surface area contributed by atoms with Crippen molar-refractivity contribution in [2.24, 2.45) is 0 Å². The molecule has 0 aromatic heterocycles. The minimum atomic E-state index is -1.93. The van der Waals surface area contributed by atoms with Crippen molar-refractivity contribution in [3.63, 3.8) is 0 Å². The van der Waals surface area contributed by atoms with Crippen molar-refractivity contribution in [1.82, 2.24) is 0 Å². The standard InChI is InChI=1S/C19H26O2Si2/c1-22(2,3)23(4,5)21-19(17-14-10-7-11-15-17)18(20)16-12-8-6-9-13-16/h6-15,19H,1-5H3. The average molecular weight is 343 g/mol. The van der Waals surface area contributed by atoms with Gasteiger partial charge in [0, 0.05) is 5.56 Å². The fourth-order valence-electron chi connectivity index (χ4n) is 2.13. The Hall–Kier alpha value is -1.50. The van der Waals surface area contributed by atoms with Gasteiger partial charge in [-0.15, -0.1) is 0 Å². The van der Waals surface area contributed by atoms with Gasteiger partial charge in [-0.3, -0.25) is 4.79 Å². The van der Waals surface area contributed by atoms with E-state index in [1.165, 1.54) is 0 Å². The van der Waals surface area contributed by atoms with E-state index in [-0.39, 0.29) is 5.78 Å². The lowest BCUT2D eigenvalue weighted by Crippen LogP contribution is -2.55. The second kappa shape index (κ2) is 6.95. The zero-order chi connectivity index (χ0) is 17.1. The third-order valence-electron chi connectivity index (χ3n) is 4.62. The first-order chi connectivity index (χ1) is 10.7. The molecule has 0 spiro atoms. The van der Waals surface area contributed by atoms with Crippen LogP contribution in [0.15, 0.2) is 60.7 Å². The van der Waals surface area contributed by atoms with Crippen LogP contribution in [-0.2, 0) is 4.43 Å². The van der Waals surface area contributed by atoms with E-state index < -0.39 is 21.5 Å². The molecule has 4 heteroatoms. The van der Waals surface area contributed by atoms with Crippen LogP contribution in [-0.4, -0.2) is 21.2 Å². The fraction of sp³-hybridized carbons (Fsp3) is 0.316. The molecule has 2 nitrogen and oxygen atoms in total. The zero-order valence-corrected chi connectivity index (χ0v) is 16.7. The molecule has 0 bridgehead atoms. The molecule has 0 radical (unpaired) electrons. The molecule has 0 saturated heterocycles. The van der Waals surface area contributed by atoms with Gasteiger partial charge in [0.15, 0.2) is 13.6 Å². The Morgan fingerprint density at radius 1 is 0.826 bits per heavy atom. The third-order valence-corrected chi connectivity index (χ3v) is 20.2. The predicted octanol–water partition coefficient (Wildman–Crippen LogP) is 5.25. The molecule has 0 heterocycles. The van der Waals surface area contributed by atoms with Crippen LogP contribution in [0.4, 0.5) is 0 Å². The van der Waals surface area contributed by atoms with E-state index in [4.69, 9.17) is 4.43 Å². The summed E-state index contributed by atoms with van der Waals surface area (Å²) in [5.74, 6) is 0.0515. The number of benzene rings is 2. The van der Waals surface area contributed by atoms with Crippen molar-refractivity contribution >= 4 is 21.2 Å². The van der Waals surface area contributed by atoms with Crippen molar-refractivity contribution in [2.75, 3.05) is 0 Å². The van der Waals surface area contributed by atoms with Crippen LogP contribution < -0.4 is 0 Å². The van der Waals surface area contributed by atoms with Gasteiger partial charge in [-0.1, -0.05) is 80.3 Å². The van der Waals surface area contributed by atoms with Crippen LogP contribution in [0.5, 0.6) is 0 Å². The molecule has 122 valence electrons. The number of carbonyl (C=O) groups is 1. The largest absolute Gasteiger partial charge is 0.406 e. The highest BCUT2D eigenvalue weighted by Gasteiger charge is 2.42. The fourth-order valence-corrected chi connectivity index (χ4v) is 4.73. The second-order valence-corrected chi connectivity index (χ2v) is 23.3. The lowest BCUT2D eigenvalue weighted by Gasteiger charge is -2.37. The Balaban J connectivity index is 2.40. The summed E-state index contributed by atoms with van der Waals surface area (Å²) in [4.78, 5) is 13.1. The number of Topliss-reactive ketones (excluding diaryl/α,β-unsaturated/α-hetero) is 1. The molecule has 2 aromatic rings. The summed E-state index contributed by atoms with van der Waals surface area (Å²) in [6, 6.07) is 19.3. The zero-order valence-electron chi connectivity index (χ0n) is 14.7. The summed E-state index contributed by atoms with van der Waals surface area (Å²) in [6.45, 7) is 11.5. The van der Waals surface area contributed by atoms with Gasteiger partial charge >= 0.3 is 0 Å². The number of carbonyl (C=O) groups excluding carboxylic acids is 1. The van der Waals surface area contributed by atoms with Crippen molar-refractivity contribution in [3.05, 3.63) is 71.8 Å². The molecule has 0 amide bonds. The number of ketones is 1. The van der Waals surface area contributed by atoms with Gasteiger partial charge in [-0.2, -0.15) is 0 Å². The first-order valence-electron chi connectivity index (χ1n) is 8.04. The van der Waals surface area contributed by atoms with Crippen LogP contribution in [0.25, 0.3) is 0 Å². The molecule has 0 aliphatic heterocycles. The lowest BCUT2D eigenvalue weighted by atomic mass is 10.0. The molecule has 1 atom stereocenters. The van der Waals surface area contributed by atoms with E-state index in [0.717, 1.165) is 5.56 Å². The molecular weight excluding hydrogens is 316 g/mol. The molecule has 23 heavy (non-hydrogen) atoms. The second-order valence-electron chi connectivity index (χ2n) is 7.40. The average Bonchev–Trinajstić information content (AvgIpc) is 2.52. The van der Waals surface area contributed by atoms with Crippen LogP contribution >= 0.6 is 0 Å². The van der Waals surface area contributed by atoms with E-state index in [2.05, 4.69) is 32.7 Å². The Labute approximate surface area is 141 Å². The molecule has 0 saturated carbocycles. The van der Waals surface area contributed by atoms with E-state index in [0.29, 0.717) is 5.56 Å². The summed E-state index contributed by atoms with van der Waals surface area (Å²) in [5.41, 5.74) is 1.65. The van der Waals surface area contributed by atoms with Crippen molar-refractivity contribution in [1.29, 1.82) is 0 Å². The summed E-state index contributed by atoms with van der Waals surface area (Å²) in [5, 5.41) is 0. The molecule has 1 unspecified atom stereocenters. The molecule has 2 aromatic carbocycles. The van der Waals surface area contributed by atoms with Gasteiger partial charge in [0.2, 0.25) is 0 Å². The van der Waals surface area contributed by atoms with Gasteiger partial charge in [-0.05, 0) is 18.7 Å². The van der Waals surface area contributed by atoms with E-state index in [1.54, 1.807) is 0 Å². The maximum atomic E-state index is 13.1. The first-order valence-corrected chi connectivity index (χ1v) is 15.5. The molecule has 0 N–H and O–H groups in total. The minimum Gasteiger partial charge on any atom is -0.406 e. The number of rotatable bonds is 6. The topological polar surface area (TPSA) is 26.3 Å². The Bertz CT molecular complexity index is 646. The van der Waals surface area contributed by atoms with Crippen molar-refractivity contribution < 1.29 is 9.22 Å². The van der Waals surface area contributed by atoms with Gasteiger partial charge in [0.25, 0.3) is 0 Å². The normalized spacial score (nSPS) is 13.6. The summed E-state index contributed by atoms with van der Waals surface area (Å²) in [7, 11) is -3.39. The van der Waals surface area contributed by atoms with E-state index >= 15 is 0 Å². The molecule has 0 aliphatic carbocycles. The van der Waals surface area contributed by atoms with Crippen LogP contribution in [0.1, 0.15) is 22.0 Å². The van der Waals surface area contributed by atoms with Crippen molar-refractivity contribution in [2.45, 2.75) is 38.8 Å². The summed E-state index contributed by atoms with van der Waals surface area (Å²) >= 11 is 0. The quantitative estimate of drug-likeness (QED) is 0.529. The minimum absolute atomic E-state index is 0.0515. The lowest BCUT2D eigenvalue weighted by molar-refractivity contribution is 0.0785. The monoisotopic (exact) mass is 342 g/mol. The highest BCUT2D eigenvalue weighted by atomic mass is 29.3. The Morgan fingerprint density at radius 3 is 1.78 bits per heavy atom. The number of hydrogen-bond acceptors (Lipinski definition) is 2. The highest BCUT2D eigenvalue weighted by Crippen LogP contribution is 2.30. The number of hydrogen-bond donors (Lipinski definition) is 0. The van der Waals surface area contributed by atoms with Gasteiger partial charge in [0.1, 0.15) is 6.10 Å². The Morgan fingerprint density at radius 2 is 1.30 bits per heavy atom. The maximum Gasteiger partial charge on any atom is 0.194 e. The molecular formula is C19H26O2Si2. The van der Waals surface area contributed by atoms with E-state index in [9.17, 15) is 4.79 Å². The first kappa shape index (κ1) is 17.9. The molecule has 0 aliphatic rings. The Kier molecular flexibility index (Phi) is 5.39. The highest BCUT2D eigenvalue weighted by molar-refractivity contribution is 7.37. The van der Waals surface area contributed by atoms with E-state index in [1.807, 2.05) is 60.7 Å². The van der Waals surface area contributed by atoms with Crippen LogP contribution in [0, 0.1) is 0 Å². The van der Waals surface area contributed by atoms with Crippen molar-refractivity contribution in [3.8, 4) is 0 Å². The summed E-state index contributed by atoms with van der Waals surface area (Å²) in [6.07, 6.45) is -0.507. The third kappa shape index (κ3) is 4.28. The van der Waals surface area contributed by atoms with Gasteiger partial charge < -0.3 is 4.43 Å². The van der Waals surface area contributed by atoms with Crippen LogP contribution in [0.3, 0.4) is 0 Å². The smallest absolute Gasteiger partial charge is 0.194 e. The summed E-state index contributed by atoms with van der Waals surface area (Å²) < 4.78 is 6.56. The SMILES string of the molecule is C[Si](C)(C)[Si](C)(C)OC(C(=O)c1ccccc1)c1ccccc1. The van der Waals surface area contributed by atoms with Gasteiger partial charge in [0.05, 0.1) is 7.59 Å². The predicted molar refractivity (Wildman–Crippen MR) is 102 cm³/mol.